The summed E-state index contributed by atoms with van der Waals surface area (Å²) < 4.78 is 24.0. The van der Waals surface area contributed by atoms with Crippen LogP contribution in [0.4, 0.5) is 0 Å². The third-order valence-electron chi connectivity index (χ3n) is 2.50. The van der Waals surface area contributed by atoms with Crippen LogP contribution in [0.3, 0.4) is 0 Å². The molecule has 0 spiro atoms. The Labute approximate surface area is 145 Å². The third-order valence-corrected chi connectivity index (χ3v) is 11.6. The molecule has 0 aromatic carbocycles. The molecule has 0 fully saturated rings. The van der Waals surface area contributed by atoms with Gasteiger partial charge in [0, 0.05) is 18.2 Å². The molecule has 8 heteroatoms. The first-order valence-corrected chi connectivity index (χ1v) is 16.9. The Kier molecular flexibility index (Phi) is 9.18. The van der Waals surface area contributed by atoms with E-state index in [0.29, 0.717) is 31.3 Å². The van der Waals surface area contributed by atoms with Gasteiger partial charge in [0.05, 0.1) is 6.61 Å². The van der Waals surface area contributed by atoms with Gasteiger partial charge in [-0.05, 0) is 59.6 Å². The van der Waals surface area contributed by atoms with Crippen molar-refractivity contribution in [3.8, 4) is 0 Å². The van der Waals surface area contributed by atoms with Crippen LogP contribution in [0.25, 0.3) is 0 Å². The lowest BCUT2D eigenvalue weighted by Crippen LogP contribution is -2.56. The maximum atomic E-state index is 11.5. The van der Waals surface area contributed by atoms with E-state index in [0.717, 1.165) is 0 Å². The number of carbonyl (C=O) groups is 1. The standard InChI is InChI=1S/C15H34O5Si3/c1-10-18-23(19-21(4,5)6,20-22(7,8)9)13-11-12-17-15(16)14(2)3/h2,10-13H2,1,3-9H3. The molecule has 136 valence electrons. The van der Waals surface area contributed by atoms with Crippen LogP contribution in [0.15, 0.2) is 12.2 Å². The van der Waals surface area contributed by atoms with Crippen molar-refractivity contribution in [2.75, 3.05) is 13.2 Å². The Morgan fingerprint density at radius 2 is 1.48 bits per heavy atom. The van der Waals surface area contributed by atoms with Crippen LogP contribution in [0.5, 0.6) is 0 Å². The van der Waals surface area contributed by atoms with Crippen molar-refractivity contribution in [3.63, 3.8) is 0 Å². The van der Waals surface area contributed by atoms with Crippen LogP contribution < -0.4 is 0 Å². The highest BCUT2D eigenvalue weighted by atomic mass is 28.5. The summed E-state index contributed by atoms with van der Waals surface area (Å²) in [5.41, 5.74) is 0.412. The smallest absolute Gasteiger partial charge is 0.462 e. The quantitative estimate of drug-likeness (QED) is 0.234. The van der Waals surface area contributed by atoms with E-state index in [-0.39, 0.29) is 5.97 Å². The van der Waals surface area contributed by atoms with Crippen LogP contribution in [-0.2, 0) is 22.2 Å². The number of hydrogen-bond acceptors (Lipinski definition) is 5. The molecular formula is C15H34O5Si3. The molecule has 0 aliphatic rings. The monoisotopic (exact) mass is 378 g/mol. The summed E-state index contributed by atoms with van der Waals surface area (Å²) in [5, 5.41) is 0. The molecule has 0 unspecified atom stereocenters. The fourth-order valence-electron chi connectivity index (χ4n) is 1.98. The summed E-state index contributed by atoms with van der Waals surface area (Å²) in [6.07, 6.45) is 0.667. The van der Waals surface area contributed by atoms with E-state index in [2.05, 4.69) is 45.9 Å². The zero-order valence-electron chi connectivity index (χ0n) is 16.1. The highest BCUT2D eigenvalue weighted by Crippen LogP contribution is 2.26. The summed E-state index contributed by atoms with van der Waals surface area (Å²) in [4.78, 5) is 11.5. The second kappa shape index (κ2) is 9.28. The van der Waals surface area contributed by atoms with Crippen LogP contribution in [0.1, 0.15) is 20.3 Å². The van der Waals surface area contributed by atoms with Crippen LogP contribution in [0, 0.1) is 0 Å². The van der Waals surface area contributed by atoms with E-state index < -0.39 is 25.4 Å². The lowest BCUT2D eigenvalue weighted by Gasteiger charge is -2.39. The Balaban J connectivity index is 4.94. The highest BCUT2D eigenvalue weighted by Gasteiger charge is 2.46. The maximum absolute atomic E-state index is 11.5. The zero-order valence-corrected chi connectivity index (χ0v) is 19.1. The average Bonchev–Trinajstić information content (AvgIpc) is 2.30. The van der Waals surface area contributed by atoms with Gasteiger partial charge in [-0.3, -0.25) is 0 Å². The predicted molar refractivity (Wildman–Crippen MR) is 101 cm³/mol. The number of hydrogen-bond donors (Lipinski definition) is 0. The molecule has 0 aliphatic carbocycles. The van der Waals surface area contributed by atoms with Gasteiger partial charge in [0.15, 0.2) is 16.6 Å². The van der Waals surface area contributed by atoms with Crippen molar-refractivity contribution in [2.45, 2.75) is 65.6 Å². The Morgan fingerprint density at radius 1 is 1.00 bits per heavy atom. The Hall–Kier alpha value is -0.259. The predicted octanol–water partition coefficient (Wildman–Crippen LogP) is 4.17. The Bertz CT molecular complexity index is 383. The summed E-state index contributed by atoms with van der Waals surface area (Å²) in [6, 6.07) is 0.666. The Morgan fingerprint density at radius 3 is 1.83 bits per heavy atom. The number of ether oxygens (including phenoxy) is 1. The number of carbonyl (C=O) groups excluding carboxylic acids is 1. The molecular weight excluding hydrogens is 344 g/mol. The SMILES string of the molecule is C=C(C)C(=O)OCCC[Si](OCC)(O[Si](C)(C)C)O[Si](C)(C)C. The van der Waals surface area contributed by atoms with Gasteiger partial charge < -0.3 is 17.4 Å². The van der Waals surface area contributed by atoms with Gasteiger partial charge in [0.25, 0.3) is 0 Å². The summed E-state index contributed by atoms with van der Waals surface area (Å²) in [5.74, 6) is -0.356. The molecule has 0 radical (unpaired) electrons. The van der Waals surface area contributed by atoms with Crippen molar-refractivity contribution in [2.24, 2.45) is 0 Å². The molecule has 0 atom stereocenters. The molecule has 0 saturated heterocycles. The minimum Gasteiger partial charge on any atom is -0.462 e. The fraction of sp³-hybridized carbons (Fsp3) is 0.800. The van der Waals surface area contributed by atoms with Gasteiger partial charge in [-0.1, -0.05) is 6.58 Å². The van der Waals surface area contributed by atoms with Crippen LogP contribution >= 0.6 is 0 Å². The molecule has 0 aromatic rings. The second-order valence-corrected chi connectivity index (χ2v) is 19.8. The van der Waals surface area contributed by atoms with Crippen molar-refractivity contribution in [1.82, 2.24) is 0 Å². The van der Waals surface area contributed by atoms with Crippen LogP contribution in [0.2, 0.25) is 45.3 Å². The molecule has 0 aromatic heterocycles. The summed E-state index contributed by atoms with van der Waals surface area (Å²) in [7, 11) is -6.39. The summed E-state index contributed by atoms with van der Waals surface area (Å²) >= 11 is 0. The molecule has 5 nitrogen and oxygen atoms in total. The molecule has 0 N–H and O–H groups in total. The minimum absolute atomic E-state index is 0.331. The van der Waals surface area contributed by atoms with Crippen LogP contribution in [-0.4, -0.2) is 44.6 Å². The van der Waals surface area contributed by atoms with Gasteiger partial charge in [-0.25, -0.2) is 4.79 Å². The maximum Gasteiger partial charge on any atom is 0.480 e. The van der Waals surface area contributed by atoms with Crippen molar-refractivity contribution >= 4 is 31.4 Å². The van der Waals surface area contributed by atoms with E-state index in [1.807, 2.05) is 6.92 Å². The van der Waals surface area contributed by atoms with E-state index in [1.54, 1.807) is 6.92 Å². The van der Waals surface area contributed by atoms with Gasteiger partial charge in [0.2, 0.25) is 0 Å². The van der Waals surface area contributed by atoms with E-state index >= 15 is 0 Å². The minimum atomic E-state index is -2.76. The fourth-order valence-corrected chi connectivity index (χ4v) is 12.4. The van der Waals surface area contributed by atoms with Gasteiger partial charge in [-0.15, -0.1) is 0 Å². The first-order chi connectivity index (χ1) is 10.3. The van der Waals surface area contributed by atoms with Crippen molar-refractivity contribution in [1.29, 1.82) is 0 Å². The van der Waals surface area contributed by atoms with Gasteiger partial charge >= 0.3 is 14.8 Å². The second-order valence-electron chi connectivity index (χ2n) is 7.56. The molecule has 0 bridgehead atoms. The lowest BCUT2D eigenvalue weighted by atomic mass is 10.4. The highest BCUT2D eigenvalue weighted by molar-refractivity contribution is 6.85. The van der Waals surface area contributed by atoms with E-state index in [1.165, 1.54) is 0 Å². The largest absolute Gasteiger partial charge is 0.480 e. The van der Waals surface area contributed by atoms with Crippen molar-refractivity contribution in [3.05, 3.63) is 12.2 Å². The first-order valence-electron chi connectivity index (χ1n) is 8.17. The lowest BCUT2D eigenvalue weighted by molar-refractivity contribution is -0.139. The van der Waals surface area contributed by atoms with E-state index in [4.69, 9.17) is 17.4 Å². The first kappa shape index (κ1) is 22.7. The number of esters is 1. The molecule has 23 heavy (non-hydrogen) atoms. The third kappa shape index (κ3) is 11.0. The summed E-state index contributed by atoms with van der Waals surface area (Å²) in [6.45, 7) is 20.9. The molecule has 0 rings (SSSR count). The van der Waals surface area contributed by atoms with Gasteiger partial charge in [-0.2, -0.15) is 0 Å². The normalized spacial score (nSPS) is 13.0. The van der Waals surface area contributed by atoms with E-state index in [9.17, 15) is 4.79 Å². The zero-order chi connectivity index (χ0) is 18.3. The van der Waals surface area contributed by atoms with Gasteiger partial charge in [0.1, 0.15) is 0 Å². The molecule has 0 amide bonds. The molecule has 0 saturated carbocycles. The molecule has 0 aliphatic heterocycles. The average molecular weight is 379 g/mol. The number of rotatable bonds is 11. The van der Waals surface area contributed by atoms with Crippen molar-refractivity contribution < 1.29 is 22.2 Å². The molecule has 0 heterocycles. The topological polar surface area (TPSA) is 54.0 Å².